The van der Waals surface area contributed by atoms with Gasteiger partial charge in [-0.15, -0.1) is 0 Å². The summed E-state index contributed by atoms with van der Waals surface area (Å²) in [5.74, 6) is 0. The Morgan fingerprint density at radius 2 is 2.20 bits per heavy atom. The van der Waals surface area contributed by atoms with E-state index < -0.39 is 15.1 Å². The van der Waals surface area contributed by atoms with Gasteiger partial charge in [0.05, 0.1) is 10.1 Å². The second-order valence-electron chi connectivity index (χ2n) is 3.60. The second kappa shape index (κ2) is 3.77. The molecule has 1 aliphatic heterocycles. The van der Waals surface area contributed by atoms with Gasteiger partial charge in [-0.3, -0.25) is 0 Å². The summed E-state index contributed by atoms with van der Waals surface area (Å²) < 4.78 is 23.9. The fourth-order valence-electron chi connectivity index (χ4n) is 1.92. The average molecular weight is 247 g/mol. The van der Waals surface area contributed by atoms with Crippen LogP contribution < -0.4 is 0 Å². The first kappa shape index (κ1) is 10.9. The maximum atomic E-state index is 12.0. The average Bonchev–Trinajstić information content (AvgIpc) is 2.43. The van der Waals surface area contributed by atoms with Crippen molar-refractivity contribution in [2.24, 2.45) is 0 Å². The molecule has 0 aliphatic carbocycles. The van der Waals surface area contributed by atoms with E-state index in [2.05, 4.69) is 0 Å². The molecule has 1 aliphatic rings. The molecular weight excluding hydrogens is 236 g/mol. The van der Waals surface area contributed by atoms with Gasteiger partial charge in [0.15, 0.2) is 9.84 Å². The van der Waals surface area contributed by atoms with Crippen LogP contribution in [0.25, 0.3) is 0 Å². The lowest BCUT2D eigenvalue weighted by Crippen LogP contribution is -2.18. The highest BCUT2D eigenvalue weighted by Gasteiger charge is 2.37. The van der Waals surface area contributed by atoms with E-state index in [0.29, 0.717) is 21.9 Å². The fourth-order valence-corrected chi connectivity index (χ4v) is 4.20. The molecule has 5 heteroatoms. The van der Waals surface area contributed by atoms with Gasteiger partial charge < -0.3 is 5.11 Å². The van der Waals surface area contributed by atoms with Gasteiger partial charge in [0.25, 0.3) is 0 Å². The summed E-state index contributed by atoms with van der Waals surface area (Å²) in [6.07, 6.45) is 0.686. The third kappa shape index (κ3) is 1.67. The van der Waals surface area contributed by atoms with Crippen molar-refractivity contribution in [1.29, 1.82) is 0 Å². The zero-order chi connectivity index (χ0) is 11.1. The van der Waals surface area contributed by atoms with Crippen molar-refractivity contribution in [1.82, 2.24) is 0 Å². The zero-order valence-corrected chi connectivity index (χ0v) is 9.55. The van der Waals surface area contributed by atoms with Crippen molar-refractivity contribution < 1.29 is 13.5 Å². The molecule has 15 heavy (non-hydrogen) atoms. The van der Waals surface area contributed by atoms with Crippen molar-refractivity contribution in [2.75, 3.05) is 6.61 Å². The van der Waals surface area contributed by atoms with Crippen molar-refractivity contribution in [3.05, 3.63) is 28.8 Å². The molecule has 1 N–H and O–H groups in total. The van der Waals surface area contributed by atoms with Gasteiger partial charge in [-0.25, -0.2) is 8.42 Å². The van der Waals surface area contributed by atoms with Crippen molar-refractivity contribution in [3.8, 4) is 0 Å². The van der Waals surface area contributed by atoms with E-state index in [4.69, 9.17) is 16.7 Å². The Bertz CT molecular complexity index is 481. The SMILES string of the molecule is O=S1(=O)c2cccc(Cl)c2CC1CCO. The highest BCUT2D eigenvalue weighted by atomic mass is 35.5. The maximum absolute atomic E-state index is 12.0. The van der Waals surface area contributed by atoms with Crippen LogP contribution in [0.2, 0.25) is 5.02 Å². The molecule has 0 saturated heterocycles. The predicted molar refractivity (Wildman–Crippen MR) is 57.8 cm³/mol. The van der Waals surface area contributed by atoms with Crippen LogP contribution in [0, 0.1) is 0 Å². The van der Waals surface area contributed by atoms with Crippen LogP contribution in [0.5, 0.6) is 0 Å². The van der Waals surface area contributed by atoms with E-state index in [1.807, 2.05) is 0 Å². The Morgan fingerprint density at radius 3 is 2.80 bits per heavy atom. The van der Waals surface area contributed by atoms with Crippen molar-refractivity contribution >= 4 is 21.4 Å². The molecular formula is C10H11ClO3S. The molecule has 0 spiro atoms. The molecule has 0 aromatic heterocycles. The molecule has 1 unspecified atom stereocenters. The monoisotopic (exact) mass is 246 g/mol. The van der Waals surface area contributed by atoms with Crippen molar-refractivity contribution in [3.63, 3.8) is 0 Å². The third-order valence-electron chi connectivity index (χ3n) is 2.70. The lowest BCUT2D eigenvalue weighted by atomic mass is 10.1. The minimum Gasteiger partial charge on any atom is -0.396 e. The Kier molecular flexibility index (Phi) is 2.75. The van der Waals surface area contributed by atoms with E-state index in [1.165, 1.54) is 0 Å². The van der Waals surface area contributed by atoms with Gasteiger partial charge in [0, 0.05) is 11.6 Å². The number of rotatable bonds is 2. The summed E-state index contributed by atoms with van der Waals surface area (Å²) >= 11 is 5.94. The Labute approximate surface area is 93.6 Å². The summed E-state index contributed by atoms with van der Waals surface area (Å²) in [6, 6.07) is 4.91. The molecule has 0 fully saturated rings. The van der Waals surface area contributed by atoms with Crippen LogP contribution >= 0.6 is 11.6 Å². The van der Waals surface area contributed by atoms with Crippen LogP contribution in [-0.4, -0.2) is 25.4 Å². The highest BCUT2D eigenvalue weighted by Crippen LogP contribution is 2.36. The molecule has 1 heterocycles. The van der Waals surface area contributed by atoms with Crippen molar-refractivity contribution in [2.45, 2.75) is 23.0 Å². The number of aliphatic hydroxyl groups excluding tert-OH is 1. The van der Waals surface area contributed by atoms with Gasteiger partial charge in [-0.05, 0) is 30.5 Å². The van der Waals surface area contributed by atoms with Crippen LogP contribution in [0.3, 0.4) is 0 Å². The first-order chi connectivity index (χ1) is 7.07. The van der Waals surface area contributed by atoms with E-state index in [1.54, 1.807) is 18.2 Å². The minimum atomic E-state index is -3.28. The largest absolute Gasteiger partial charge is 0.396 e. The molecule has 1 atom stereocenters. The molecule has 0 radical (unpaired) electrons. The number of benzene rings is 1. The standard InChI is InChI=1S/C10H11ClO3S/c11-9-2-1-3-10-8(9)6-7(4-5-12)15(10,13)14/h1-3,7,12H,4-6H2. The smallest absolute Gasteiger partial charge is 0.181 e. The van der Waals surface area contributed by atoms with Gasteiger partial charge in [-0.1, -0.05) is 17.7 Å². The Balaban J connectivity index is 2.52. The van der Waals surface area contributed by atoms with Crippen LogP contribution in [0.1, 0.15) is 12.0 Å². The highest BCUT2D eigenvalue weighted by molar-refractivity contribution is 7.92. The van der Waals surface area contributed by atoms with Gasteiger partial charge in [0.1, 0.15) is 0 Å². The summed E-state index contributed by atoms with van der Waals surface area (Å²) in [5.41, 5.74) is 0.692. The molecule has 82 valence electrons. The molecule has 0 amide bonds. The number of hydrogen-bond donors (Lipinski definition) is 1. The van der Waals surface area contributed by atoms with E-state index in [9.17, 15) is 8.42 Å². The van der Waals surface area contributed by atoms with Gasteiger partial charge in [-0.2, -0.15) is 0 Å². The van der Waals surface area contributed by atoms with E-state index in [0.717, 1.165) is 0 Å². The summed E-state index contributed by atoms with van der Waals surface area (Å²) in [4.78, 5) is 0.327. The fraction of sp³-hybridized carbons (Fsp3) is 0.400. The number of sulfone groups is 1. The molecule has 2 rings (SSSR count). The minimum absolute atomic E-state index is 0.116. The summed E-state index contributed by atoms with van der Waals surface area (Å²) in [5, 5.41) is 8.79. The Morgan fingerprint density at radius 1 is 1.47 bits per heavy atom. The topological polar surface area (TPSA) is 54.4 Å². The number of fused-ring (bicyclic) bond motifs is 1. The van der Waals surface area contributed by atoms with E-state index >= 15 is 0 Å². The number of hydrogen-bond acceptors (Lipinski definition) is 3. The quantitative estimate of drug-likeness (QED) is 0.859. The maximum Gasteiger partial charge on any atom is 0.181 e. The first-order valence-corrected chi connectivity index (χ1v) is 6.62. The lowest BCUT2D eigenvalue weighted by Gasteiger charge is -2.05. The van der Waals surface area contributed by atoms with Crippen LogP contribution in [-0.2, 0) is 16.3 Å². The molecule has 1 aromatic rings. The number of halogens is 1. The number of aliphatic hydroxyl groups is 1. The summed E-state index contributed by atoms with van der Waals surface area (Å²) in [7, 11) is -3.28. The summed E-state index contributed by atoms with van der Waals surface area (Å²) in [6.45, 7) is -0.116. The molecule has 0 bridgehead atoms. The van der Waals surface area contributed by atoms with Gasteiger partial charge in [0.2, 0.25) is 0 Å². The second-order valence-corrected chi connectivity index (χ2v) is 6.20. The normalized spacial score (nSPS) is 22.7. The third-order valence-corrected chi connectivity index (χ3v) is 5.33. The van der Waals surface area contributed by atoms with Gasteiger partial charge >= 0.3 is 0 Å². The van der Waals surface area contributed by atoms with E-state index in [-0.39, 0.29) is 13.0 Å². The molecule has 1 aromatic carbocycles. The zero-order valence-electron chi connectivity index (χ0n) is 7.98. The molecule has 0 saturated carbocycles. The van der Waals surface area contributed by atoms with Crippen LogP contribution in [0.15, 0.2) is 23.1 Å². The lowest BCUT2D eigenvalue weighted by molar-refractivity contribution is 0.285. The predicted octanol–water partition coefficient (Wildman–Crippen LogP) is 1.42. The first-order valence-electron chi connectivity index (χ1n) is 4.69. The Hall–Kier alpha value is -0.580. The van der Waals surface area contributed by atoms with Crippen LogP contribution in [0.4, 0.5) is 0 Å². The molecule has 3 nitrogen and oxygen atoms in total.